The number of anilines is 2. The highest BCUT2D eigenvalue weighted by atomic mass is 16.5. The van der Waals surface area contributed by atoms with Crippen LogP contribution in [-0.4, -0.2) is 34.2 Å². The van der Waals surface area contributed by atoms with Crippen LogP contribution in [0.1, 0.15) is 28.4 Å². The van der Waals surface area contributed by atoms with Gasteiger partial charge >= 0.3 is 0 Å². The second kappa shape index (κ2) is 10.3. The smallest absolute Gasteiger partial charge is 0.299 e. The first-order valence-electron chi connectivity index (χ1n) is 11.4. The lowest BCUT2D eigenvalue weighted by Gasteiger charge is -2.17. The van der Waals surface area contributed by atoms with Crippen LogP contribution in [-0.2, 0) is 0 Å². The van der Waals surface area contributed by atoms with Gasteiger partial charge in [-0.1, -0.05) is 30.3 Å². The van der Waals surface area contributed by atoms with Crippen molar-refractivity contribution >= 4 is 17.3 Å². The van der Waals surface area contributed by atoms with Gasteiger partial charge in [-0.15, -0.1) is 0 Å². The number of benzene rings is 3. The molecule has 0 unspecified atom stereocenters. The molecule has 0 aliphatic carbocycles. The zero-order chi connectivity index (χ0) is 24.9. The van der Waals surface area contributed by atoms with Crippen molar-refractivity contribution in [1.29, 1.82) is 0 Å². The summed E-state index contributed by atoms with van der Waals surface area (Å²) in [5, 5.41) is 7.55. The molecule has 178 valence electrons. The molecule has 4 rings (SSSR count). The van der Waals surface area contributed by atoms with Crippen LogP contribution < -0.4 is 15.6 Å². The normalized spacial score (nSPS) is 10.6. The number of aryl methyl sites for hydroxylation is 1. The van der Waals surface area contributed by atoms with Crippen molar-refractivity contribution in [2.75, 3.05) is 18.9 Å². The van der Waals surface area contributed by atoms with E-state index < -0.39 is 0 Å². The molecule has 35 heavy (non-hydrogen) atoms. The fourth-order valence-corrected chi connectivity index (χ4v) is 3.54. The van der Waals surface area contributed by atoms with Crippen LogP contribution >= 0.6 is 0 Å². The molecular formula is C28H28N4O3. The average Bonchev–Trinajstić information content (AvgIpc) is 2.89. The van der Waals surface area contributed by atoms with Crippen molar-refractivity contribution in [2.45, 2.75) is 20.8 Å². The molecule has 1 amide bonds. The Morgan fingerprint density at radius 2 is 1.69 bits per heavy atom. The number of para-hydroxylation sites is 1. The summed E-state index contributed by atoms with van der Waals surface area (Å²) in [5.74, 6) is 0.894. The topological polar surface area (TPSA) is 76.5 Å². The van der Waals surface area contributed by atoms with Crippen LogP contribution in [0.4, 0.5) is 11.4 Å². The molecule has 0 bridgehead atoms. The second-order valence-electron chi connectivity index (χ2n) is 8.26. The van der Waals surface area contributed by atoms with Gasteiger partial charge in [0, 0.05) is 24.8 Å². The summed E-state index contributed by atoms with van der Waals surface area (Å²) >= 11 is 0. The second-order valence-corrected chi connectivity index (χ2v) is 8.26. The van der Waals surface area contributed by atoms with E-state index in [-0.39, 0.29) is 17.2 Å². The van der Waals surface area contributed by atoms with Crippen LogP contribution in [0.15, 0.2) is 83.8 Å². The summed E-state index contributed by atoms with van der Waals surface area (Å²) in [4.78, 5) is 27.6. The number of ether oxygens (including phenoxy) is 1. The van der Waals surface area contributed by atoms with Crippen LogP contribution in [0, 0.1) is 13.8 Å². The fourth-order valence-electron chi connectivity index (χ4n) is 3.54. The van der Waals surface area contributed by atoms with E-state index in [4.69, 9.17) is 4.74 Å². The van der Waals surface area contributed by atoms with Gasteiger partial charge in [0.1, 0.15) is 5.75 Å². The predicted octanol–water partition coefficient (Wildman–Crippen LogP) is 5.48. The summed E-state index contributed by atoms with van der Waals surface area (Å²) in [6.45, 7) is 6.52. The van der Waals surface area contributed by atoms with Crippen LogP contribution in [0.25, 0.3) is 5.69 Å². The number of hydrogen-bond donors (Lipinski definition) is 1. The Labute approximate surface area is 204 Å². The van der Waals surface area contributed by atoms with Gasteiger partial charge in [-0.05, 0) is 74.4 Å². The molecule has 4 aromatic rings. The third-order valence-electron chi connectivity index (χ3n) is 5.94. The molecule has 0 saturated heterocycles. The van der Waals surface area contributed by atoms with E-state index in [0.717, 1.165) is 11.1 Å². The van der Waals surface area contributed by atoms with Crippen molar-refractivity contribution in [1.82, 2.24) is 14.7 Å². The highest BCUT2D eigenvalue weighted by Crippen LogP contribution is 2.31. The maximum Gasteiger partial charge on any atom is 0.299 e. The minimum Gasteiger partial charge on any atom is -0.453 e. The van der Waals surface area contributed by atoms with Gasteiger partial charge in [-0.2, -0.15) is 9.78 Å². The van der Waals surface area contributed by atoms with Crippen molar-refractivity contribution in [2.24, 2.45) is 0 Å². The summed E-state index contributed by atoms with van der Waals surface area (Å²) < 4.78 is 7.50. The number of nitrogens with zero attached hydrogens (tertiary/aromatic N) is 3. The van der Waals surface area contributed by atoms with Gasteiger partial charge in [0.15, 0.2) is 11.4 Å². The minimum atomic E-state index is -0.357. The Hall–Kier alpha value is -4.39. The van der Waals surface area contributed by atoms with E-state index in [1.807, 2.05) is 69.3 Å². The zero-order valence-electron chi connectivity index (χ0n) is 20.3. The van der Waals surface area contributed by atoms with Crippen molar-refractivity contribution in [3.05, 3.63) is 106 Å². The lowest BCUT2D eigenvalue weighted by molar-refractivity contribution is 0.0802. The minimum absolute atomic E-state index is 0.0617. The van der Waals surface area contributed by atoms with Crippen molar-refractivity contribution in [3.8, 4) is 17.2 Å². The number of hydrogen-bond acceptors (Lipinski definition) is 5. The Balaban J connectivity index is 1.75. The van der Waals surface area contributed by atoms with Gasteiger partial charge in [-0.3, -0.25) is 9.59 Å². The predicted molar refractivity (Wildman–Crippen MR) is 138 cm³/mol. The molecule has 1 aromatic heterocycles. The molecule has 0 atom stereocenters. The standard InChI is InChI=1S/C28H28N4O3/c1-5-31(4)27(33)21-14-16-22(17-15-21)30-26-25(35-24-13-9-10-19(2)20(24)3)18-29-32(28(26)34)23-11-7-6-8-12-23/h6-18,30H,5H2,1-4H3. The highest BCUT2D eigenvalue weighted by molar-refractivity contribution is 5.94. The molecular weight excluding hydrogens is 440 g/mol. The van der Waals surface area contributed by atoms with Crippen LogP contribution in [0.5, 0.6) is 11.5 Å². The molecule has 7 heteroatoms. The maximum atomic E-state index is 13.5. The summed E-state index contributed by atoms with van der Waals surface area (Å²) in [5.41, 5.74) is 3.81. The first-order valence-corrected chi connectivity index (χ1v) is 11.4. The lowest BCUT2D eigenvalue weighted by Crippen LogP contribution is -2.26. The number of amides is 1. The van der Waals surface area contributed by atoms with E-state index in [0.29, 0.717) is 35.0 Å². The van der Waals surface area contributed by atoms with E-state index in [9.17, 15) is 9.59 Å². The Morgan fingerprint density at radius 1 is 0.971 bits per heavy atom. The first kappa shape index (κ1) is 23.8. The van der Waals surface area contributed by atoms with Gasteiger partial charge in [0.2, 0.25) is 0 Å². The molecule has 0 aliphatic heterocycles. The van der Waals surface area contributed by atoms with E-state index in [2.05, 4.69) is 10.4 Å². The molecule has 0 radical (unpaired) electrons. The molecule has 0 fully saturated rings. The number of aromatic nitrogens is 2. The fraction of sp³-hybridized carbons (Fsp3) is 0.179. The number of nitrogens with one attached hydrogen (secondary N) is 1. The van der Waals surface area contributed by atoms with Crippen LogP contribution in [0.3, 0.4) is 0 Å². The average molecular weight is 469 g/mol. The van der Waals surface area contributed by atoms with Gasteiger partial charge in [0.05, 0.1) is 11.9 Å². The molecule has 1 heterocycles. The van der Waals surface area contributed by atoms with Gasteiger partial charge in [-0.25, -0.2) is 0 Å². The molecule has 0 saturated carbocycles. The lowest BCUT2D eigenvalue weighted by atomic mass is 10.1. The third-order valence-corrected chi connectivity index (χ3v) is 5.94. The number of carbonyl (C=O) groups excluding carboxylic acids is 1. The maximum absolute atomic E-state index is 13.5. The summed E-state index contributed by atoms with van der Waals surface area (Å²) in [7, 11) is 1.76. The third kappa shape index (κ3) is 5.09. The molecule has 7 nitrogen and oxygen atoms in total. The molecule has 3 aromatic carbocycles. The van der Waals surface area contributed by atoms with Gasteiger partial charge in [0.25, 0.3) is 11.5 Å². The van der Waals surface area contributed by atoms with E-state index >= 15 is 0 Å². The van der Waals surface area contributed by atoms with Crippen LogP contribution in [0.2, 0.25) is 0 Å². The van der Waals surface area contributed by atoms with Crippen molar-refractivity contribution in [3.63, 3.8) is 0 Å². The monoisotopic (exact) mass is 468 g/mol. The quantitative estimate of drug-likeness (QED) is 0.389. The number of carbonyl (C=O) groups is 1. The molecule has 0 aliphatic rings. The number of rotatable bonds is 7. The first-order chi connectivity index (χ1) is 16.9. The zero-order valence-corrected chi connectivity index (χ0v) is 20.3. The molecule has 1 N–H and O–H groups in total. The highest BCUT2D eigenvalue weighted by Gasteiger charge is 2.17. The molecule has 0 spiro atoms. The van der Waals surface area contributed by atoms with E-state index in [1.54, 1.807) is 36.2 Å². The Bertz CT molecular complexity index is 1400. The SMILES string of the molecule is CCN(C)C(=O)c1ccc(Nc2c(Oc3cccc(C)c3C)cnn(-c3ccccc3)c2=O)cc1. The van der Waals surface area contributed by atoms with Gasteiger partial charge < -0.3 is 15.0 Å². The largest absolute Gasteiger partial charge is 0.453 e. The summed E-state index contributed by atoms with van der Waals surface area (Å²) in [6, 6.07) is 22.0. The Kier molecular flexibility index (Phi) is 6.96. The van der Waals surface area contributed by atoms with E-state index in [1.165, 1.54) is 10.9 Å². The summed E-state index contributed by atoms with van der Waals surface area (Å²) in [6.07, 6.45) is 1.53. The van der Waals surface area contributed by atoms with Crippen molar-refractivity contribution < 1.29 is 9.53 Å². The Morgan fingerprint density at radius 3 is 2.37 bits per heavy atom.